The van der Waals surface area contributed by atoms with Gasteiger partial charge in [0.05, 0.1) is 0 Å². The summed E-state index contributed by atoms with van der Waals surface area (Å²) < 4.78 is 0. The molecule has 0 radical (unpaired) electrons. The van der Waals surface area contributed by atoms with E-state index in [0.717, 1.165) is 13.0 Å². The van der Waals surface area contributed by atoms with E-state index in [-0.39, 0.29) is 5.41 Å². The molecule has 1 heteroatoms. The molecule has 0 saturated heterocycles. The van der Waals surface area contributed by atoms with Crippen LogP contribution >= 0.6 is 0 Å². The van der Waals surface area contributed by atoms with Crippen molar-refractivity contribution in [2.24, 2.45) is 0 Å². The van der Waals surface area contributed by atoms with Crippen molar-refractivity contribution in [2.75, 3.05) is 13.6 Å². The Morgan fingerprint density at radius 2 is 1.87 bits per heavy atom. The predicted molar refractivity (Wildman–Crippen MR) is 67.5 cm³/mol. The summed E-state index contributed by atoms with van der Waals surface area (Å²) in [5.74, 6) is 0. The summed E-state index contributed by atoms with van der Waals surface area (Å²) in [7, 11) is 2.00. The number of benzene rings is 1. The molecular weight excluding hydrogens is 182 g/mol. The molecule has 0 amide bonds. The van der Waals surface area contributed by atoms with E-state index in [1.165, 1.54) is 16.7 Å². The minimum Gasteiger partial charge on any atom is -0.319 e. The Morgan fingerprint density at radius 1 is 1.20 bits per heavy atom. The second-order valence-electron chi connectivity index (χ2n) is 5.24. The Labute approximate surface area is 93.9 Å². The molecule has 0 aromatic heterocycles. The zero-order valence-electron chi connectivity index (χ0n) is 10.6. The molecule has 1 aromatic carbocycles. The predicted octanol–water partition coefficient (Wildman–Crippen LogP) is 3.05. The van der Waals surface area contributed by atoms with Crippen molar-refractivity contribution in [1.29, 1.82) is 0 Å². The molecule has 1 N–H and O–H groups in total. The van der Waals surface area contributed by atoms with Crippen molar-refractivity contribution in [3.8, 4) is 0 Å². The first-order valence-corrected chi connectivity index (χ1v) is 5.70. The molecule has 0 saturated carbocycles. The van der Waals surface area contributed by atoms with Gasteiger partial charge < -0.3 is 5.32 Å². The first kappa shape index (κ1) is 12.3. The quantitative estimate of drug-likeness (QED) is 0.799. The molecule has 0 heterocycles. The van der Waals surface area contributed by atoms with E-state index >= 15 is 0 Å². The van der Waals surface area contributed by atoms with Crippen LogP contribution in [0.1, 0.15) is 37.5 Å². The van der Waals surface area contributed by atoms with Gasteiger partial charge in [-0.25, -0.2) is 0 Å². The van der Waals surface area contributed by atoms with Gasteiger partial charge in [-0.1, -0.05) is 39.0 Å². The summed E-state index contributed by atoms with van der Waals surface area (Å²) in [6.45, 7) is 10.0. The molecule has 1 nitrogen and oxygen atoms in total. The molecule has 0 aliphatic heterocycles. The lowest BCUT2D eigenvalue weighted by molar-refractivity contribution is 0.589. The van der Waals surface area contributed by atoms with Crippen molar-refractivity contribution in [2.45, 2.75) is 39.5 Å². The fourth-order valence-corrected chi connectivity index (χ4v) is 1.70. The maximum atomic E-state index is 3.19. The van der Waals surface area contributed by atoms with Crippen LogP contribution in [0.25, 0.3) is 0 Å². The number of hydrogen-bond acceptors (Lipinski definition) is 1. The molecule has 0 fully saturated rings. The lowest BCUT2D eigenvalue weighted by Gasteiger charge is -2.20. The minimum atomic E-state index is 0.256. The average Bonchev–Trinajstić information content (AvgIpc) is 2.14. The second kappa shape index (κ2) is 4.80. The van der Waals surface area contributed by atoms with E-state index in [4.69, 9.17) is 0 Å². The van der Waals surface area contributed by atoms with Gasteiger partial charge in [0, 0.05) is 0 Å². The van der Waals surface area contributed by atoms with E-state index in [1.54, 1.807) is 0 Å². The zero-order valence-corrected chi connectivity index (χ0v) is 10.6. The van der Waals surface area contributed by atoms with E-state index in [2.05, 4.69) is 51.2 Å². The molecule has 1 rings (SSSR count). The third-order valence-electron chi connectivity index (χ3n) is 2.85. The number of aryl methyl sites for hydroxylation is 1. The fourth-order valence-electron chi connectivity index (χ4n) is 1.70. The SMILES string of the molecule is CNCCc1ccc(C(C)(C)C)cc1C. The van der Waals surface area contributed by atoms with Gasteiger partial charge in [-0.05, 0) is 49.0 Å². The third-order valence-corrected chi connectivity index (χ3v) is 2.85. The van der Waals surface area contributed by atoms with Crippen molar-refractivity contribution in [3.05, 3.63) is 34.9 Å². The van der Waals surface area contributed by atoms with Crippen LogP contribution in [0.2, 0.25) is 0 Å². The summed E-state index contributed by atoms with van der Waals surface area (Å²) in [4.78, 5) is 0. The molecule has 15 heavy (non-hydrogen) atoms. The first-order valence-electron chi connectivity index (χ1n) is 5.70. The number of hydrogen-bond donors (Lipinski definition) is 1. The van der Waals surface area contributed by atoms with Crippen LogP contribution in [0.4, 0.5) is 0 Å². The molecule has 0 aliphatic rings. The lowest BCUT2D eigenvalue weighted by Crippen LogP contribution is -2.13. The van der Waals surface area contributed by atoms with Crippen molar-refractivity contribution < 1.29 is 0 Å². The van der Waals surface area contributed by atoms with Crippen LogP contribution in [-0.2, 0) is 11.8 Å². The van der Waals surface area contributed by atoms with Gasteiger partial charge in [-0.3, -0.25) is 0 Å². The largest absolute Gasteiger partial charge is 0.319 e. The van der Waals surface area contributed by atoms with Gasteiger partial charge in [0.1, 0.15) is 0 Å². The highest BCUT2D eigenvalue weighted by Crippen LogP contribution is 2.24. The summed E-state index contributed by atoms with van der Waals surface area (Å²) in [6, 6.07) is 6.86. The van der Waals surface area contributed by atoms with Crippen molar-refractivity contribution in [1.82, 2.24) is 5.32 Å². The topological polar surface area (TPSA) is 12.0 Å². The highest BCUT2D eigenvalue weighted by molar-refractivity contribution is 5.34. The lowest BCUT2D eigenvalue weighted by atomic mass is 9.85. The number of rotatable bonds is 3. The molecule has 0 aliphatic carbocycles. The van der Waals surface area contributed by atoms with Crippen LogP contribution in [0.3, 0.4) is 0 Å². The molecule has 0 spiro atoms. The van der Waals surface area contributed by atoms with Gasteiger partial charge in [0.25, 0.3) is 0 Å². The van der Waals surface area contributed by atoms with E-state index in [9.17, 15) is 0 Å². The summed E-state index contributed by atoms with van der Waals surface area (Å²) in [5.41, 5.74) is 4.55. The molecule has 0 unspecified atom stereocenters. The van der Waals surface area contributed by atoms with Crippen LogP contribution in [0.5, 0.6) is 0 Å². The Morgan fingerprint density at radius 3 is 2.33 bits per heavy atom. The minimum absolute atomic E-state index is 0.256. The maximum Gasteiger partial charge on any atom is -0.00113 e. The van der Waals surface area contributed by atoms with Crippen LogP contribution < -0.4 is 5.32 Å². The Hall–Kier alpha value is -0.820. The normalized spacial score (nSPS) is 11.8. The Balaban J connectivity index is 2.88. The van der Waals surface area contributed by atoms with E-state index < -0.39 is 0 Å². The van der Waals surface area contributed by atoms with E-state index in [0.29, 0.717) is 0 Å². The summed E-state index contributed by atoms with van der Waals surface area (Å²) >= 11 is 0. The molecule has 1 aromatic rings. The van der Waals surface area contributed by atoms with Gasteiger partial charge in [0.15, 0.2) is 0 Å². The first-order chi connectivity index (χ1) is 6.95. The molecule has 0 atom stereocenters. The number of likely N-dealkylation sites (N-methyl/N-ethyl adjacent to an activating group) is 1. The van der Waals surface area contributed by atoms with Gasteiger partial charge in [-0.2, -0.15) is 0 Å². The highest BCUT2D eigenvalue weighted by atomic mass is 14.8. The van der Waals surface area contributed by atoms with Crippen LogP contribution in [0, 0.1) is 6.92 Å². The van der Waals surface area contributed by atoms with Crippen molar-refractivity contribution in [3.63, 3.8) is 0 Å². The van der Waals surface area contributed by atoms with E-state index in [1.807, 2.05) is 7.05 Å². The molecular formula is C14H23N. The van der Waals surface area contributed by atoms with Gasteiger partial charge in [0.2, 0.25) is 0 Å². The fraction of sp³-hybridized carbons (Fsp3) is 0.571. The summed E-state index contributed by atoms with van der Waals surface area (Å²) in [6.07, 6.45) is 1.12. The van der Waals surface area contributed by atoms with Gasteiger partial charge in [-0.15, -0.1) is 0 Å². The standard InChI is InChI=1S/C14H23N/c1-11-10-13(14(2,3)4)7-6-12(11)8-9-15-5/h6-7,10,15H,8-9H2,1-5H3. The van der Waals surface area contributed by atoms with Crippen LogP contribution in [0.15, 0.2) is 18.2 Å². The number of nitrogens with one attached hydrogen (secondary N) is 1. The third kappa shape index (κ3) is 3.35. The van der Waals surface area contributed by atoms with Crippen LogP contribution in [-0.4, -0.2) is 13.6 Å². The monoisotopic (exact) mass is 205 g/mol. The average molecular weight is 205 g/mol. The summed E-state index contributed by atoms with van der Waals surface area (Å²) in [5, 5.41) is 3.19. The zero-order chi connectivity index (χ0) is 11.5. The molecule has 0 bridgehead atoms. The van der Waals surface area contributed by atoms with Crippen molar-refractivity contribution >= 4 is 0 Å². The van der Waals surface area contributed by atoms with Gasteiger partial charge >= 0.3 is 0 Å². The highest BCUT2D eigenvalue weighted by Gasteiger charge is 2.13. The molecule has 84 valence electrons. The second-order valence-corrected chi connectivity index (χ2v) is 5.24. The Bertz CT molecular complexity index is 321. The smallest absolute Gasteiger partial charge is 0.00113 e. The Kier molecular flexibility index (Phi) is 3.92. The maximum absolute atomic E-state index is 3.19.